The maximum Gasteiger partial charge on any atom is 0.252 e. The van der Waals surface area contributed by atoms with E-state index in [-0.39, 0.29) is 11.7 Å². The number of nitrogen functional groups attached to an aromatic ring is 1. The standard InChI is InChI=1S/C11H15F2N3O2/c12-8-5-9(13)11(15-10(8)16-14)18-6-7-1-3-17-4-2-7/h5,7H,1-4,6,14H2,(H,15,16). The predicted molar refractivity (Wildman–Crippen MR) is 61.0 cm³/mol. The van der Waals surface area contributed by atoms with Gasteiger partial charge in [0.1, 0.15) is 0 Å². The molecule has 0 bridgehead atoms. The summed E-state index contributed by atoms with van der Waals surface area (Å²) in [5.41, 5.74) is 2.05. The molecule has 0 atom stereocenters. The molecule has 7 heteroatoms. The minimum atomic E-state index is -0.853. The summed E-state index contributed by atoms with van der Waals surface area (Å²) in [6.45, 7) is 1.70. The summed E-state index contributed by atoms with van der Waals surface area (Å²) in [4.78, 5) is 3.64. The van der Waals surface area contributed by atoms with Crippen LogP contribution in [0.5, 0.6) is 5.88 Å². The van der Waals surface area contributed by atoms with Crippen molar-refractivity contribution in [2.24, 2.45) is 11.8 Å². The summed E-state index contributed by atoms with van der Waals surface area (Å²) in [5.74, 6) is 3.20. The SMILES string of the molecule is NNc1nc(OCC2CCOCC2)c(F)cc1F. The second kappa shape index (κ2) is 5.92. The van der Waals surface area contributed by atoms with E-state index in [0.29, 0.717) is 31.8 Å². The molecule has 0 saturated carbocycles. The van der Waals surface area contributed by atoms with Crippen molar-refractivity contribution in [2.45, 2.75) is 12.8 Å². The first kappa shape index (κ1) is 13.0. The quantitative estimate of drug-likeness (QED) is 0.632. The number of hydrazine groups is 1. The summed E-state index contributed by atoms with van der Waals surface area (Å²) in [6, 6.07) is 0.696. The predicted octanol–water partition coefficient (Wildman–Crippen LogP) is 1.45. The van der Waals surface area contributed by atoms with Crippen molar-refractivity contribution in [1.82, 2.24) is 4.98 Å². The van der Waals surface area contributed by atoms with Gasteiger partial charge >= 0.3 is 0 Å². The number of aromatic nitrogens is 1. The van der Waals surface area contributed by atoms with Gasteiger partial charge < -0.3 is 14.9 Å². The molecule has 100 valence electrons. The van der Waals surface area contributed by atoms with E-state index in [4.69, 9.17) is 15.3 Å². The fourth-order valence-electron chi connectivity index (χ4n) is 1.76. The lowest BCUT2D eigenvalue weighted by molar-refractivity contribution is 0.0483. The number of halogens is 2. The molecule has 0 aliphatic carbocycles. The van der Waals surface area contributed by atoms with Crippen molar-refractivity contribution >= 4 is 5.82 Å². The smallest absolute Gasteiger partial charge is 0.252 e. The highest BCUT2D eigenvalue weighted by molar-refractivity contribution is 5.38. The minimum absolute atomic E-state index is 0.238. The zero-order valence-electron chi connectivity index (χ0n) is 9.79. The van der Waals surface area contributed by atoms with E-state index in [2.05, 4.69) is 4.98 Å². The third kappa shape index (κ3) is 3.05. The summed E-state index contributed by atoms with van der Waals surface area (Å²) < 4.78 is 37.0. The van der Waals surface area contributed by atoms with Gasteiger partial charge in [-0.05, 0) is 18.8 Å². The van der Waals surface area contributed by atoms with E-state index in [1.807, 2.05) is 5.43 Å². The molecular formula is C11H15F2N3O2. The largest absolute Gasteiger partial charge is 0.475 e. The Hall–Kier alpha value is -1.47. The topological polar surface area (TPSA) is 69.4 Å². The molecule has 2 rings (SSSR count). The lowest BCUT2D eigenvalue weighted by atomic mass is 10.0. The lowest BCUT2D eigenvalue weighted by Gasteiger charge is -2.21. The van der Waals surface area contributed by atoms with Crippen LogP contribution in [-0.4, -0.2) is 24.8 Å². The molecule has 1 aromatic heterocycles. The van der Waals surface area contributed by atoms with E-state index in [1.54, 1.807) is 0 Å². The Balaban J connectivity index is 1.99. The summed E-state index contributed by atoms with van der Waals surface area (Å²) in [6.07, 6.45) is 1.73. The van der Waals surface area contributed by atoms with Crippen LogP contribution < -0.4 is 16.0 Å². The molecule has 1 aliphatic heterocycles. The van der Waals surface area contributed by atoms with Crippen LogP contribution in [0, 0.1) is 17.6 Å². The van der Waals surface area contributed by atoms with Crippen molar-refractivity contribution in [2.75, 3.05) is 25.2 Å². The summed E-state index contributed by atoms with van der Waals surface area (Å²) in [5, 5.41) is 0. The highest BCUT2D eigenvalue weighted by Gasteiger charge is 2.17. The fourth-order valence-corrected chi connectivity index (χ4v) is 1.76. The van der Waals surface area contributed by atoms with Crippen LogP contribution in [0.1, 0.15) is 12.8 Å². The number of nitrogens with one attached hydrogen (secondary N) is 1. The zero-order valence-corrected chi connectivity index (χ0v) is 9.79. The normalized spacial score (nSPS) is 16.6. The van der Waals surface area contributed by atoms with Gasteiger partial charge in [0, 0.05) is 19.3 Å². The lowest BCUT2D eigenvalue weighted by Crippen LogP contribution is -2.22. The molecule has 0 radical (unpaired) electrons. The Morgan fingerprint density at radius 3 is 2.78 bits per heavy atom. The molecule has 0 aromatic carbocycles. The molecule has 0 unspecified atom stereocenters. The molecule has 18 heavy (non-hydrogen) atoms. The van der Waals surface area contributed by atoms with Crippen LogP contribution in [0.25, 0.3) is 0 Å². The van der Waals surface area contributed by atoms with Crippen molar-refractivity contribution in [1.29, 1.82) is 0 Å². The van der Waals surface area contributed by atoms with E-state index in [9.17, 15) is 8.78 Å². The van der Waals surface area contributed by atoms with E-state index >= 15 is 0 Å². The third-order valence-electron chi connectivity index (χ3n) is 2.83. The van der Waals surface area contributed by atoms with Gasteiger partial charge in [0.05, 0.1) is 6.61 Å². The minimum Gasteiger partial charge on any atom is -0.475 e. The van der Waals surface area contributed by atoms with E-state index < -0.39 is 11.6 Å². The van der Waals surface area contributed by atoms with Crippen molar-refractivity contribution in [3.05, 3.63) is 17.7 Å². The monoisotopic (exact) mass is 259 g/mol. The zero-order chi connectivity index (χ0) is 13.0. The van der Waals surface area contributed by atoms with Crippen molar-refractivity contribution in [3.63, 3.8) is 0 Å². The number of nitrogens with zero attached hydrogens (tertiary/aromatic N) is 1. The van der Waals surface area contributed by atoms with Gasteiger partial charge in [-0.15, -0.1) is 0 Å². The fraction of sp³-hybridized carbons (Fsp3) is 0.545. The molecule has 1 aromatic rings. The number of hydrogen-bond donors (Lipinski definition) is 2. The third-order valence-corrected chi connectivity index (χ3v) is 2.83. The second-order valence-corrected chi connectivity index (χ2v) is 4.12. The van der Waals surface area contributed by atoms with Crippen LogP contribution in [0.3, 0.4) is 0 Å². The van der Waals surface area contributed by atoms with Crippen molar-refractivity contribution in [3.8, 4) is 5.88 Å². The summed E-state index contributed by atoms with van der Waals surface area (Å²) in [7, 11) is 0. The van der Waals surface area contributed by atoms with Crippen LogP contribution in [0.4, 0.5) is 14.6 Å². The molecule has 3 N–H and O–H groups in total. The molecule has 1 aliphatic rings. The van der Waals surface area contributed by atoms with Crippen LogP contribution in [0.15, 0.2) is 6.07 Å². The Morgan fingerprint density at radius 2 is 2.11 bits per heavy atom. The van der Waals surface area contributed by atoms with Gasteiger partial charge in [0.2, 0.25) is 0 Å². The summed E-state index contributed by atoms with van der Waals surface area (Å²) >= 11 is 0. The number of nitrogens with two attached hydrogens (primary N) is 1. The first-order valence-electron chi connectivity index (χ1n) is 5.74. The van der Waals surface area contributed by atoms with Gasteiger partial charge in [-0.3, -0.25) is 0 Å². The molecule has 0 amide bonds. The highest BCUT2D eigenvalue weighted by atomic mass is 19.1. The Kier molecular flexibility index (Phi) is 4.27. The molecule has 0 spiro atoms. The van der Waals surface area contributed by atoms with Gasteiger partial charge in [0.25, 0.3) is 5.88 Å². The van der Waals surface area contributed by atoms with Gasteiger partial charge in [-0.1, -0.05) is 0 Å². The molecule has 1 fully saturated rings. The van der Waals surface area contributed by atoms with Gasteiger partial charge in [0.15, 0.2) is 17.5 Å². The van der Waals surface area contributed by atoms with Crippen LogP contribution in [-0.2, 0) is 4.74 Å². The number of ether oxygens (including phenoxy) is 2. The highest BCUT2D eigenvalue weighted by Crippen LogP contribution is 2.22. The molecule has 5 nitrogen and oxygen atoms in total. The second-order valence-electron chi connectivity index (χ2n) is 4.12. The number of hydrogen-bond acceptors (Lipinski definition) is 5. The Labute approximate surface area is 103 Å². The molecule has 2 heterocycles. The first-order chi connectivity index (χ1) is 8.70. The Bertz CT molecular complexity index is 412. The molecule has 1 saturated heterocycles. The molecular weight excluding hydrogens is 244 g/mol. The van der Waals surface area contributed by atoms with Crippen LogP contribution in [0.2, 0.25) is 0 Å². The average molecular weight is 259 g/mol. The number of anilines is 1. The van der Waals surface area contributed by atoms with Crippen LogP contribution >= 0.6 is 0 Å². The number of rotatable bonds is 4. The first-order valence-corrected chi connectivity index (χ1v) is 5.74. The average Bonchev–Trinajstić information content (AvgIpc) is 2.39. The Morgan fingerprint density at radius 1 is 1.39 bits per heavy atom. The van der Waals surface area contributed by atoms with Crippen molar-refractivity contribution < 1.29 is 18.3 Å². The number of pyridine rings is 1. The van der Waals surface area contributed by atoms with Gasteiger partial charge in [-0.25, -0.2) is 14.6 Å². The van der Waals surface area contributed by atoms with E-state index in [1.165, 1.54) is 0 Å². The van der Waals surface area contributed by atoms with Gasteiger partial charge in [-0.2, -0.15) is 4.98 Å². The maximum atomic E-state index is 13.4. The van der Waals surface area contributed by atoms with E-state index in [0.717, 1.165) is 12.8 Å². The maximum absolute atomic E-state index is 13.4.